The monoisotopic (exact) mass is 446 g/mol. The maximum atomic E-state index is 12.7. The van der Waals surface area contributed by atoms with Crippen LogP contribution in [0.3, 0.4) is 0 Å². The number of carbonyl (C=O) groups excluding carboxylic acids is 2. The van der Waals surface area contributed by atoms with Gasteiger partial charge in [0, 0.05) is 17.8 Å². The number of rotatable bonds is 7. The van der Waals surface area contributed by atoms with Crippen LogP contribution in [-0.4, -0.2) is 45.7 Å². The summed E-state index contributed by atoms with van der Waals surface area (Å²) >= 11 is 0. The Kier molecular flexibility index (Phi) is 5.73. The lowest BCUT2D eigenvalue weighted by atomic mass is 10.2. The molecule has 1 aliphatic carbocycles. The van der Waals surface area contributed by atoms with Crippen LogP contribution in [0.2, 0.25) is 0 Å². The minimum absolute atomic E-state index is 0.0238. The molecule has 2 aromatic rings. The van der Waals surface area contributed by atoms with E-state index in [1.54, 1.807) is 6.07 Å². The van der Waals surface area contributed by atoms with Crippen molar-refractivity contribution in [1.82, 2.24) is 5.32 Å². The van der Waals surface area contributed by atoms with Gasteiger partial charge in [0.1, 0.15) is 13.2 Å². The van der Waals surface area contributed by atoms with Crippen LogP contribution in [-0.2, 0) is 19.6 Å². The molecule has 2 N–H and O–H groups in total. The number of carbonyl (C=O) groups is 2. The van der Waals surface area contributed by atoms with Crippen molar-refractivity contribution >= 4 is 27.6 Å². The summed E-state index contributed by atoms with van der Waals surface area (Å²) in [7, 11) is -3.87. The van der Waals surface area contributed by atoms with Crippen molar-refractivity contribution in [2.45, 2.75) is 36.8 Å². The van der Waals surface area contributed by atoms with Crippen LogP contribution in [0.4, 0.5) is 5.69 Å². The number of esters is 1. The van der Waals surface area contributed by atoms with Gasteiger partial charge >= 0.3 is 5.97 Å². The van der Waals surface area contributed by atoms with E-state index in [4.69, 9.17) is 14.2 Å². The van der Waals surface area contributed by atoms with Gasteiger partial charge < -0.3 is 19.5 Å². The zero-order valence-corrected chi connectivity index (χ0v) is 17.6. The maximum absolute atomic E-state index is 12.7. The molecule has 0 aromatic heterocycles. The highest BCUT2D eigenvalue weighted by molar-refractivity contribution is 7.92. The van der Waals surface area contributed by atoms with Gasteiger partial charge in [-0.3, -0.25) is 9.52 Å². The van der Waals surface area contributed by atoms with Crippen molar-refractivity contribution in [2.75, 3.05) is 17.9 Å². The standard InChI is InChI=1S/C21H22N2O7S/c1-13(20(24)22-15-6-7-15)30-21(25)14-2-4-16(5-3-14)23-31(26,27)17-8-9-18-19(12-17)29-11-10-28-18/h2-5,8-9,12-13,15,23H,6-7,10-11H2,1H3,(H,22,24)/t13-/m1/s1. The normalized spacial score (nSPS) is 16.2. The Morgan fingerprint density at radius 3 is 2.39 bits per heavy atom. The van der Waals surface area contributed by atoms with Gasteiger partial charge in [0.15, 0.2) is 17.6 Å². The summed E-state index contributed by atoms with van der Waals surface area (Å²) in [6.45, 7) is 2.27. The Hall–Kier alpha value is -3.27. The first-order valence-electron chi connectivity index (χ1n) is 9.86. The molecule has 4 rings (SSSR count). The molecule has 164 valence electrons. The van der Waals surface area contributed by atoms with E-state index in [2.05, 4.69) is 10.0 Å². The number of hydrogen-bond donors (Lipinski definition) is 2. The Balaban J connectivity index is 1.39. The third kappa shape index (κ3) is 5.08. The Morgan fingerprint density at radius 1 is 1.03 bits per heavy atom. The van der Waals surface area contributed by atoms with Gasteiger partial charge in [0.2, 0.25) is 0 Å². The van der Waals surface area contributed by atoms with E-state index in [1.165, 1.54) is 43.3 Å². The summed E-state index contributed by atoms with van der Waals surface area (Å²) in [6, 6.07) is 10.3. The Morgan fingerprint density at radius 2 is 1.71 bits per heavy atom. The molecule has 1 saturated carbocycles. The van der Waals surface area contributed by atoms with E-state index in [9.17, 15) is 18.0 Å². The van der Waals surface area contributed by atoms with Crippen molar-refractivity contribution in [1.29, 1.82) is 0 Å². The van der Waals surface area contributed by atoms with E-state index in [1.807, 2.05) is 0 Å². The minimum Gasteiger partial charge on any atom is -0.486 e. The van der Waals surface area contributed by atoms with Crippen LogP contribution in [0.15, 0.2) is 47.4 Å². The molecule has 1 fully saturated rings. The molecular formula is C21H22N2O7S. The third-order valence-corrected chi connectivity index (χ3v) is 6.15. The van der Waals surface area contributed by atoms with Gasteiger partial charge in [-0.1, -0.05) is 0 Å². The van der Waals surface area contributed by atoms with Crippen molar-refractivity contribution in [3.63, 3.8) is 0 Å². The van der Waals surface area contributed by atoms with Gasteiger partial charge in [-0.2, -0.15) is 0 Å². The van der Waals surface area contributed by atoms with Crippen LogP contribution in [0.25, 0.3) is 0 Å². The van der Waals surface area contributed by atoms with E-state index in [0.29, 0.717) is 24.7 Å². The predicted octanol–water partition coefficient (Wildman–Crippen LogP) is 2.08. The molecule has 0 saturated heterocycles. The van der Waals surface area contributed by atoms with Crippen molar-refractivity contribution in [3.8, 4) is 11.5 Å². The number of benzene rings is 2. The molecule has 0 unspecified atom stereocenters. The molecule has 2 aromatic carbocycles. The molecule has 1 heterocycles. The Bertz CT molecular complexity index is 1100. The lowest BCUT2D eigenvalue weighted by molar-refractivity contribution is -0.129. The van der Waals surface area contributed by atoms with Gasteiger partial charge in [-0.05, 0) is 56.2 Å². The van der Waals surface area contributed by atoms with Crippen molar-refractivity contribution in [2.24, 2.45) is 0 Å². The molecule has 1 amide bonds. The highest BCUT2D eigenvalue weighted by atomic mass is 32.2. The number of nitrogens with one attached hydrogen (secondary N) is 2. The fraction of sp³-hybridized carbons (Fsp3) is 0.333. The fourth-order valence-corrected chi connectivity index (χ4v) is 3.98. The van der Waals surface area contributed by atoms with Gasteiger partial charge in [-0.25, -0.2) is 13.2 Å². The number of sulfonamides is 1. The average molecular weight is 446 g/mol. The zero-order chi connectivity index (χ0) is 22.0. The first-order valence-corrected chi connectivity index (χ1v) is 11.3. The summed E-state index contributed by atoms with van der Waals surface area (Å²) in [5.41, 5.74) is 0.472. The largest absolute Gasteiger partial charge is 0.486 e. The first-order chi connectivity index (χ1) is 14.8. The smallest absolute Gasteiger partial charge is 0.338 e. The van der Waals surface area contributed by atoms with Crippen LogP contribution < -0.4 is 19.5 Å². The maximum Gasteiger partial charge on any atom is 0.338 e. The molecule has 1 aliphatic heterocycles. The van der Waals surface area contributed by atoms with Crippen molar-refractivity contribution < 1.29 is 32.2 Å². The lowest BCUT2D eigenvalue weighted by Gasteiger charge is -2.19. The molecule has 0 radical (unpaired) electrons. The number of ether oxygens (including phenoxy) is 3. The molecule has 0 spiro atoms. The van der Waals surface area contributed by atoms with Gasteiger partial charge in [0.05, 0.1) is 10.5 Å². The summed E-state index contributed by atoms with van der Waals surface area (Å²) in [4.78, 5) is 24.2. The third-order valence-electron chi connectivity index (χ3n) is 4.77. The summed E-state index contributed by atoms with van der Waals surface area (Å²) in [6.07, 6.45) is 0.966. The average Bonchev–Trinajstić information content (AvgIpc) is 3.57. The summed E-state index contributed by atoms with van der Waals surface area (Å²) in [5, 5.41) is 2.77. The first kappa shape index (κ1) is 21.0. The second-order valence-electron chi connectivity index (χ2n) is 7.32. The highest BCUT2D eigenvalue weighted by Gasteiger charge is 2.27. The highest BCUT2D eigenvalue weighted by Crippen LogP contribution is 2.32. The number of amides is 1. The van der Waals surface area contributed by atoms with Crippen LogP contribution >= 0.6 is 0 Å². The SMILES string of the molecule is C[C@@H](OC(=O)c1ccc(NS(=O)(=O)c2ccc3c(c2)OCCO3)cc1)C(=O)NC1CC1. The van der Waals surface area contributed by atoms with Crippen LogP contribution in [0.5, 0.6) is 11.5 Å². The summed E-state index contributed by atoms with van der Waals surface area (Å²) in [5.74, 6) is -0.139. The van der Waals surface area contributed by atoms with E-state index < -0.39 is 22.1 Å². The molecule has 10 heteroatoms. The zero-order valence-electron chi connectivity index (χ0n) is 16.8. The Labute approximate surface area is 179 Å². The molecular weight excluding hydrogens is 424 g/mol. The molecule has 9 nitrogen and oxygen atoms in total. The molecule has 31 heavy (non-hydrogen) atoms. The number of anilines is 1. The number of hydrogen-bond acceptors (Lipinski definition) is 7. The predicted molar refractivity (Wildman–Crippen MR) is 111 cm³/mol. The van der Waals surface area contributed by atoms with Gasteiger partial charge in [0.25, 0.3) is 15.9 Å². The molecule has 0 bridgehead atoms. The molecule has 2 aliphatic rings. The fourth-order valence-electron chi connectivity index (χ4n) is 2.91. The van der Waals surface area contributed by atoms with Crippen LogP contribution in [0.1, 0.15) is 30.1 Å². The lowest BCUT2D eigenvalue weighted by Crippen LogP contribution is -2.37. The number of fused-ring (bicyclic) bond motifs is 1. The second kappa shape index (κ2) is 8.46. The van der Waals surface area contributed by atoms with Gasteiger partial charge in [-0.15, -0.1) is 0 Å². The van der Waals surface area contributed by atoms with E-state index in [0.717, 1.165) is 12.8 Å². The van der Waals surface area contributed by atoms with E-state index in [-0.39, 0.29) is 28.1 Å². The van der Waals surface area contributed by atoms with E-state index >= 15 is 0 Å². The topological polar surface area (TPSA) is 120 Å². The second-order valence-corrected chi connectivity index (χ2v) is 9.00. The quantitative estimate of drug-likeness (QED) is 0.625. The summed E-state index contributed by atoms with van der Waals surface area (Å²) < 4.78 is 43.8. The molecule has 1 atom stereocenters. The minimum atomic E-state index is -3.87. The van der Waals surface area contributed by atoms with Crippen LogP contribution in [0, 0.1) is 0 Å². The van der Waals surface area contributed by atoms with Crippen molar-refractivity contribution in [3.05, 3.63) is 48.0 Å².